The van der Waals surface area contributed by atoms with E-state index in [4.69, 9.17) is 4.74 Å². The van der Waals surface area contributed by atoms with Gasteiger partial charge in [-0.05, 0) is 81.6 Å². The number of ketones is 1. The Kier molecular flexibility index (Phi) is 8.03. The first-order valence-corrected chi connectivity index (χ1v) is 9.45. The Morgan fingerprint density at radius 1 is 1.14 bits per heavy atom. The number of benzene rings is 2. The van der Waals surface area contributed by atoms with Gasteiger partial charge in [0.05, 0.1) is 12.3 Å². The first-order chi connectivity index (χ1) is 13.1. The van der Waals surface area contributed by atoms with Gasteiger partial charge in [0.2, 0.25) is 0 Å². The number of carbonyl (C=O) groups is 2. The van der Waals surface area contributed by atoms with E-state index in [0.29, 0.717) is 35.1 Å². The van der Waals surface area contributed by atoms with Gasteiger partial charge in [-0.25, -0.2) is 0 Å². The molecule has 0 radical (unpaired) electrons. The van der Waals surface area contributed by atoms with Crippen LogP contribution >= 0.6 is 12.4 Å². The van der Waals surface area contributed by atoms with E-state index in [1.54, 1.807) is 18.2 Å². The van der Waals surface area contributed by atoms with Crippen molar-refractivity contribution in [3.05, 3.63) is 59.2 Å². The zero-order valence-corrected chi connectivity index (χ0v) is 17.1. The molecule has 150 valence electrons. The largest absolute Gasteiger partial charge is 0.492 e. The van der Waals surface area contributed by atoms with E-state index < -0.39 is 0 Å². The quantitative estimate of drug-likeness (QED) is 0.684. The van der Waals surface area contributed by atoms with Crippen LogP contribution in [-0.2, 0) is 6.42 Å². The number of nitrogens with one attached hydrogen (secondary N) is 2. The number of carbonyl (C=O) groups excluding carboxylic acids is 2. The molecule has 1 atom stereocenters. The molecule has 0 saturated carbocycles. The summed E-state index contributed by atoms with van der Waals surface area (Å²) in [7, 11) is 0. The zero-order valence-electron chi connectivity index (χ0n) is 16.3. The Hall–Kier alpha value is -2.37. The van der Waals surface area contributed by atoms with Crippen molar-refractivity contribution in [3.8, 4) is 5.75 Å². The van der Waals surface area contributed by atoms with E-state index in [2.05, 4.69) is 10.6 Å². The number of rotatable bonds is 7. The molecule has 6 heteroatoms. The van der Waals surface area contributed by atoms with Crippen molar-refractivity contribution in [3.63, 3.8) is 0 Å². The van der Waals surface area contributed by atoms with Crippen LogP contribution in [0.4, 0.5) is 5.69 Å². The van der Waals surface area contributed by atoms with Gasteiger partial charge in [-0.3, -0.25) is 9.59 Å². The number of hydrogen-bond donors (Lipinski definition) is 2. The van der Waals surface area contributed by atoms with E-state index in [0.717, 1.165) is 19.5 Å². The molecular formula is C22H27ClN2O3. The third-order valence-electron chi connectivity index (χ3n) is 4.84. The van der Waals surface area contributed by atoms with E-state index in [-0.39, 0.29) is 24.1 Å². The van der Waals surface area contributed by atoms with Gasteiger partial charge < -0.3 is 15.4 Å². The second-order valence-corrected chi connectivity index (χ2v) is 6.91. The van der Waals surface area contributed by atoms with Gasteiger partial charge in [-0.1, -0.05) is 12.1 Å². The minimum Gasteiger partial charge on any atom is -0.492 e. The zero-order chi connectivity index (χ0) is 19.2. The van der Waals surface area contributed by atoms with Gasteiger partial charge in [0.25, 0.3) is 5.91 Å². The molecule has 0 aliphatic carbocycles. The lowest BCUT2D eigenvalue weighted by molar-refractivity contribution is 0.101. The second kappa shape index (κ2) is 10.2. The number of hydrogen-bond acceptors (Lipinski definition) is 4. The molecule has 3 rings (SSSR count). The molecular weight excluding hydrogens is 376 g/mol. The van der Waals surface area contributed by atoms with E-state index >= 15 is 0 Å². The van der Waals surface area contributed by atoms with Gasteiger partial charge in [0.15, 0.2) is 5.78 Å². The summed E-state index contributed by atoms with van der Waals surface area (Å²) < 4.78 is 5.57. The molecule has 28 heavy (non-hydrogen) atoms. The molecule has 2 aromatic carbocycles. The van der Waals surface area contributed by atoms with Crippen molar-refractivity contribution in [2.24, 2.45) is 5.92 Å². The third kappa shape index (κ3) is 5.57. The lowest BCUT2D eigenvalue weighted by Gasteiger charge is -2.13. The maximum Gasteiger partial charge on any atom is 0.255 e. The van der Waals surface area contributed by atoms with Crippen molar-refractivity contribution >= 4 is 29.8 Å². The Labute approximate surface area is 172 Å². The summed E-state index contributed by atoms with van der Waals surface area (Å²) in [5, 5.41) is 6.25. The Morgan fingerprint density at radius 2 is 1.86 bits per heavy atom. The predicted molar refractivity (Wildman–Crippen MR) is 114 cm³/mol. The van der Waals surface area contributed by atoms with Crippen molar-refractivity contribution < 1.29 is 14.3 Å². The number of Topliss-reactive ketones (excluding diaryl/α,β-unsaturated/α-hetero) is 1. The SMILES string of the molecule is CCOc1ccc(C(C)=O)cc1NC(=O)c1ccc(CC2CCNC2)cc1.Cl. The smallest absolute Gasteiger partial charge is 0.255 e. The molecule has 1 unspecified atom stereocenters. The van der Waals surface area contributed by atoms with Crippen LogP contribution in [0.15, 0.2) is 42.5 Å². The molecule has 1 amide bonds. The van der Waals surface area contributed by atoms with Crippen LogP contribution in [0.25, 0.3) is 0 Å². The lowest BCUT2D eigenvalue weighted by atomic mass is 9.98. The highest BCUT2D eigenvalue weighted by molar-refractivity contribution is 6.06. The highest BCUT2D eigenvalue weighted by Crippen LogP contribution is 2.27. The Balaban J connectivity index is 0.00000280. The van der Waals surface area contributed by atoms with Gasteiger partial charge >= 0.3 is 0 Å². The molecule has 5 nitrogen and oxygen atoms in total. The van der Waals surface area contributed by atoms with Crippen molar-refractivity contribution in [2.75, 3.05) is 25.0 Å². The minimum absolute atomic E-state index is 0. The van der Waals surface area contributed by atoms with Crippen LogP contribution in [0.5, 0.6) is 5.75 Å². The third-order valence-corrected chi connectivity index (χ3v) is 4.84. The van der Waals surface area contributed by atoms with Crippen LogP contribution in [0.1, 0.15) is 46.5 Å². The predicted octanol–water partition coefficient (Wildman–Crippen LogP) is 4.11. The van der Waals surface area contributed by atoms with E-state index in [1.807, 2.05) is 31.2 Å². The highest BCUT2D eigenvalue weighted by atomic mass is 35.5. The average Bonchev–Trinajstić information content (AvgIpc) is 3.16. The standard InChI is InChI=1S/C22H26N2O3.ClH/c1-3-27-21-9-8-19(15(2)25)13-20(21)24-22(26)18-6-4-16(5-7-18)12-17-10-11-23-14-17;/h4-9,13,17,23H,3,10-12,14H2,1-2H3,(H,24,26);1H. The van der Waals surface area contributed by atoms with Crippen molar-refractivity contribution in [1.29, 1.82) is 0 Å². The Bertz CT molecular complexity index is 815. The minimum atomic E-state index is -0.217. The molecule has 0 aromatic heterocycles. The highest BCUT2D eigenvalue weighted by Gasteiger charge is 2.16. The number of amides is 1. The van der Waals surface area contributed by atoms with Gasteiger partial charge in [0, 0.05) is 11.1 Å². The fraction of sp³-hybridized carbons (Fsp3) is 0.364. The summed E-state index contributed by atoms with van der Waals surface area (Å²) in [4.78, 5) is 24.3. The summed E-state index contributed by atoms with van der Waals surface area (Å²) in [5.41, 5.74) is 2.87. The molecule has 0 spiro atoms. The molecule has 1 aliphatic heterocycles. The molecule has 1 saturated heterocycles. The number of halogens is 1. The fourth-order valence-corrected chi connectivity index (χ4v) is 3.34. The van der Waals surface area contributed by atoms with Gasteiger partial charge in [-0.2, -0.15) is 0 Å². The van der Waals surface area contributed by atoms with Crippen LogP contribution in [0.2, 0.25) is 0 Å². The van der Waals surface area contributed by atoms with Crippen LogP contribution < -0.4 is 15.4 Å². The average molecular weight is 403 g/mol. The summed E-state index contributed by atoms with van der Waals surface area (Å²) in [5.74, 6) is 0.957. The molecule has 0 bridgehead atoms. The molecule has 1 heterocycles. The van der Waals surface area contributed by atoms with Gasteiger partial charge in [-0.15, -0.1) is 12.4 Å². The Morgan fingerprint density at radius 3 is 2.46 bits per heavy atom. The van der Waals surface area contributed by atoms with Crippen molar-refractivity contribution in [2.45, 2.75) is 26.7 Å². The first-order valence-electron chi connectivity index (χ1n) is 9.45. The number of ether oxygens (including phenoxy) is 1. The second-order valence-electron chi connectivity index (χ2n) is 6.91. The van der Waals surface area contributed by atoms with Crippen LogP contribution in [0.3, 0.4) is 0 Å². The van der Waals surface area contributed by atoms with E-state index in [1.165, 1.54) is 18.9 Å². The summed E-state index contributed by atoms with van der Waals surface area (Å²) in [6.45, 7) is 6.01. The summed E-state index contributed by atoms with van der Waals surface area (Å²) in [6.07, 6.45) is 2.24. The van der Waals surface area contributed by atoms with Crippen LogP contribution in [-0.4, -0.2) is 31.4 Å². The molecule has 2 N–H and O–H groups in total. The van der Waals surface area contributed by atoms with Gasteiger partial charge in [0.1, 0.15) is 5.75 Å². The maximum absolute atomic E-state index is 12.6. The van der Waals surface area contributed by atoms with E-state index in [9.17, 15) is 9.59 Å². The van der Waals surface area contributed by atoms with Crippen molar-refractivity contribution in [1.82, 2.24) is 5.32 Å². The summed E-state index contributed by atoms with van der Waals surface area (Å²) in [6, 6.07) is 12.8. The summed E-state index contributed by atoms with van der Waals surface area (Å²) >= 11 is 0. The number of anilines is 1. The molecule has 2 aromatic rings. The van der Waals surface area contributed by atoms with Crippen LogP contribution in [0, 0.1) is 5.92 Å². The fourth-order valence-electron chi connectivity index (χ4n) is 3.34. The monoisotopic (exact) mass is 402 g/mol. The molecule has 1 fully saturated rings. The lowest BCUT2D eigenvalue weighted by Crippen LogP contribution is -2.14. The topological polar surface area (TPSA) is 67.4 Å². The maximum atomic E-state index is 12.6. The first kappa shape index (κ1) is 21.9. The normalized spacial score (nSPS) is 15.6. The molecule has 1 aliphatic rings.